The van der Waals surface area contributed by atoms with Crippen molar-refractivity contribution in [1.82, 2.24) is 9.88 Å². The molecule has 6 nitrogen and oxygen atoms in total. The van der Waals surface area contributed by atoms with Gasteiger partial charge in [-0.2, -0.15) is 0 Å². The molecule has 2 N–H and O–H groups in total. The fourth-order valence-electron chi connectivity index (χ4n) is 2.14. The van der Waals surface area contributed by atoms with Crippen LogP contribution in [0.5, 0.6) is 0 Å². The number of carbonyl (C=O) groups is 1. The van der Waals surface area contributed by atoms with Gasteiger partial charge in [0.15, 0.2) is 0 Å². The van der Waals surface area contributed by atoms with E-state index in [1.165, 1.54) is 4.90 Å². The second-order valence-corrected chi connectivity index (χ2v) is 5.69. The Balaban J connectivity index is 2.05. The number of urea groups is 1. The Morgan fingerprint density at radius 1 is 1.42 bits per heavy atom. The minimum Gasteiger partial charge on any atom is -0.441 e. The molecule has 0 aliphatic carbocycles. The van der Waals surface area contributed by atoms with Crippen LogP contribution in [0, 0.1) is 0 Å². The zero-order valence-electron chi connectivity index (χ0n) is 14.0. The van der Waals surface area contributed by atoms with E-state index in [-0.39, 0.29) is 25.1 Å². The maximum absolute atomic E-state index is 12.2. The van der Waals surface area contributed by atoms with Gasteiger partial charge >= 0.3 is 6.03 Å². The van der Waals surface area contributed by atoms with Crippen LogP contribution in [0.3, 0.4) is 0 Å². The highest BCUT2D eigenvalue weighted by molar-refractivity contribution is 5.89. The van der Waals surface area contributed by atoms with Gasteiger partial charge in [0.05, 0.1) is 12.8 Å². The zero-order chi connectivity index (χ0) is 17.5. The normalized spacial score (nSPS) is 10.7. The van der Waals surface area contributed by atoms with Gasteiger partial charge in [-0.15, -0.1) is 6.58 Å². The van der Waals surface area contributed by atoms with Crippen LogP contribution < -0.4 is 5.32 Å². The van der Waals surface area contributed by atoms with E-state index in [1.54, 1.807) is 24.4 Å². The standard InChI is InChI=1S/C18H23N3O3/c1-4-9-21(10-11-22)18(23)20-15-7-5-14(6-8-15)17-19-12-16(24-17)13(2)3/h4-8,12-13,22H,1,9-11H2,2-3H3,(H,20,23). The third-order valence-electron chi connectivity index (χ3n) is 3.48. The van der Waals surface area contributed by atoms with Crippen molar-refractivity contribution in [2.24, 2.45) is 0 Å². The molecule has 0 aliphatic rings. The van der Waals surface area contributed by atoms with E-state index in [0.29, 0.717) is 18.1 Å². The summed E-state index contributed by atoms with van der Waals surface area (Å²) in [6.07, 6.45) is 3.35. The molecule has 1 aromatic heterocycles. The van der Waals surface area contributed by atoms with E-state index in [0.717, 1.165) is 11.3 Å². The number of nitrogens with one attached hydrogen (secondary N) is 1. The highest BCUT2D eigenvalue weighted by Crippen LogP contribution is 2.24. The highest BCUT2D eigenvalue weighted by Gasteiger charge is 2.12. The summed E-state index contributed by atoms with van der Waals surface area (Å²) in [6.45, 7) is 8.24. The van der Waals surface area contributed by atoms with Crippen molar-refractivity contribution in [3.63, 3.8) is 0 Å². The van der Waals surface area contributed by atoms with E-state index >= 15 is 0 Å². The summed E-state index contributed by atoms with van der Waals surface area (Å²) in [4.78, 5) is 17.9. The predicted octanol–water partition coefficient (Wildman–Crippen LogP) is 3.48. The smallest absolute Gasteiger partial charge is 0.322 e. The number of aromatic nitrogens is 1. The van der Waals surface area contributed by atoms with Gasteiger partial charge in [-0.25, -0.2) is 9.78 Å². The minimum atomic E-state index is -0.282. The average molecular weight is 329 g/mol. The number of hydrogen-bond acceptors (Lipinski definition) is 4. The number of aliphatic hydroxyl groups excluding tert-OH is 1. The minimum absolute atomic E-state index is 0.0947. The molecule has 128 valence electrons. The van der Waals surface area contributed by atoms with E-state index in [9.17, 15) is 4.79 Å². The lowest BCUT2D eigenvalue weighted by Crippen LogP contribution is -2.37. The topological polar surface area (TPSA) is 78.6 Å². The van der Waals surface area contributed by atoms with Crippen molar-refractivity contribution in [2.45, 2.75) is 19.8 Å². The van der Waals surface area contributed by atoms with Crippen LogP contribution in [0.2, 0.25) is 0 Å². The van der Waals surface area contributed by atoms with Gasteiger partial charge in [0, 0.05) is 30.3 Å². The number of aliphatic hydroxyl groups is 1. The molecule has 0 fully saturated rings. The van der Waals surface area contributed by atoms with Crippen molar-refractivity contribution >= 4 is 11.7 Å². The summed E-state index contributed by atoms with van der Waals surface area (Å²) in [5, 5.41) is 11.8. The molecule has 1 aromatic carbocycles. The third kappa shape index (κ3) is 4.45. The Bertz CT molecular complexity index is 677. The van der Waals surface area contributed by atoms with Crippen molar-refractivity contribution < 1.29 is 14.3 Å². The number of anilines is 1. The number of rotatable bonds is 7. The maximum Gasteiger partial charge on any atom is 0.322 e. The molecule has 1 heterocycles. The molecule has 0 saturated heterocycles. The molecule has 6 heteroatoms. The molecule has 0 bridgehead atoms. The number of benzene rings is 1. The summed E-state index contributed by atoms with van der Waals surface area (Å²) in [6, 6.07) is 6.98. The number of amides is 2. The van der Waals surface area contributed by atoms with Crippen LogP contribution >= 0.6 is 0 Å². The number of hydrogen-bond donors (Lipinski definition) is 2. The Morgan fingerprint density at radius 2 is 2.12 bits per heavy atom. The van der Waals surface area contributed by atoms with Gasteiger partial charge in [-0.3, -0.25) is 0 Å². The van der Waals surface area contributed by atoms with Gasteiger partial charge in [0.2, 0.25) is 5.89 Å². The Morgan fingerprint density at radius 3 is 2.67 bits per heavy atom. The van der Waals surface area contributed by atoms with Crippen LogP contribution in [0.15, 0.2) is 47.5 Å². The Labute approximate surface area is 141 Å². The van der Waals surface area contributed by atoms with Crippen molar-refractivity contribution in [3.05, 3.63) is 48.9 Å². The molecule has 0 spiro atoms. The first-order valence-electron chi connectivity index (χ1n) is 7.89. The third-order valence-corrected chi connectivity index (χ3v) is 3.48. The molecule has 2 aromatic rings. The van der Waals surface area contributed by atoms with E-state index < -0.39 is 0 Å². The monoisotopic (exact) mass is 329 g/mol. The molecule has 2 amide bonds. The molecule has 2 rings (SSSR count). The lowest BCUT2D eigenvalue weighted by Gasteiger charge is -2.20. The van der Waals surface area contributed by atoms with Gasteiger partial charge in [-0.1, -0.05) is 19.9 Å². The summed E-state index contributed by atoms with van der Waals surface area (Å²) >= 11 is 0. The quantitative estimate of drug-likeness (QED) is 0.762. The van der Waals surface area contributed by atoms with Crippen LogP contribution in [-0.2, 0) is 0 Å². The first kappa shape index (κ1) is 17.7. The van der Waals surface area contributed by atoms with Gasteiger partial charge < -0.3 is 19.7 Å². The fourth-order valence-corrected chi connectivity index (χ4v) is 2.14. The zero-order valence-corrected chi connectivity index (χ0v) is 14.0. The molecule has 0 atom stereocenters. The lowest BCUT2D eigenvalue weighted by atomic mass is 10.2. The molecule has 24 heavy (non-hydrogen) atoms. The summed E-state index contributed by atoms with van der Waals surface area (Å²) in [5.41, 5.74) is 1.50. The fraction of sp³-hybridized carbons (Fsp3) is 0.333. The molecule has 0 unspecified atom stereocenters. The molecule has 0 saturated carbocycles. The first-order valence-corrected chi connectivity index (χ1v) is 7.89. The average Bonchev–Trinajstić information content (AvgIpc) is 3.05. The summed E-state index contributed by atoms with van der Waals surface area (Å²) < 4.78 is 5.71. The van der Waals surface area contributed by atoms with E-state index in [2.05, 4.69) is 16.9 Å². The SMILES string of the molecule is C=CCN(CCO)C(=O)Nc1ccc(-c2ncc(C(C)C)o2)cc1. The number of oxazole rings is 1. The lowest BCUT2D eigenvalue weighted by molar-refractivity contribution is 0.195. The van der Waals surface area contributed by atoms with Crippen molar-refractivity contribution in [1.29, 1.82) is 0 Å². The van der Waals surface area contributed by atoms with Gasteiger partial charge in [0.1, 0.15) is 5.76 Å². The molecule has 0 aliphatic heterocycles. The van der Waals surface area contributed by atoms with Crippen LogP contribution in [0.25, 0.3) is 11.5 Å². The molecular weight excluding hydrogens is 306 g/mol. The summed E-state index contributed by atoms with van der Waals surface area (Å²) in [7, 11) is 0. The van der Waals surface area contributed by atoms with Gasteiger partial charge in [-0.05, 0) is 24.3 Å². The number of nitrogens with zero attached hydrogens (tertiary/aromatic N) is 2. The van der Waals surface area contributed by atoms with Gasteiger partial charge in [0.25, 0.3) is 0 Å². The van der Waals surface area contributed by atoms with E-state index in [4.69, 9.17) is 9.52 Å². The predicted molar refractivity (Wildman–Crippen MR) is 93.9 cm³/mol. The van der Waals surface area contributed by atoms with Crippen LogP contribution in [-0.4, -0.2) is 40.7 Å². The van der Waals surface area contributed by atoms with Crippen LogP contribution in [0.4, 0.5) is 10.5 Å². The van der Waals surface area contributed by atoms with E-state index in [1.807, 2.05) is 26.0 Å². The molecule has 0 radical (unpaired) electrons. The summed E-state index contributed by atoms with van der Waals surface area (Å²) in [5.74, 6) is 1.68. The Hall–Kier alpha value is -2.60. The second-order valence-electron chi connectivity index (χ2n) is 5.69. The number of carbonyl (C=O) groups excluding carboxylic acids is 1. The highest BCUT2D eigenvalue weighted by atomic mass is 16.4. The largest absolute Gasteiger partial charge is 0.441 e. The first-order chi connectivity index (χ1) is 11.5. The second kappa shape index (κ2) is 8.31. The molecular formula is C18H23N3O3. The Kier molecular flexibility index (Phi) is 6.14. The van der Waals surface area contributed by atoms with Crippen LogP contribution in [0.1, 0.15) is 25.5 Å². The van der Waals surface area contributed by atoms with Crippen molar-refractivity contribution in [2.75, 3.05) is 25.0 Å². The maximum atomic E-state index is 12.2. The van der Waals surface area contributed by atoms with Crippen molar-refractivity contribution in [3.8, 4) is 11.5 Å².